The lowest BCUT2D eigenvalue weighted by Crippen LogP contribution is -2.16. The fourth-order valence-corrected chi connectivity index (χ4v) is 0.434. The third-order valence-electron chi connectivity index (χ3n) is 0.873. The van der Waals surface area contributed by atoms with Gasteiger partial charge in [0, 0.05) is 6.20 Å². The molecule has 0 aromatic rings. The summed E-state index contributed by atoms with van der Waals surface area (Å²) in [7, 11) is 0. The van der Waals surface area contributed by atoms with Crippen LogP contribution in [0.4, 0.5) is 0 Å². The zero-order chi connectivity index (χ0) is 7.82. The quantitative estimate of drug-likeness (QED) is 0.327. The highest BCUT2D eigenvalue weighted by molar-refractivity contribution is 5.29. The fourth-order valence-electron chi connectivity index (χ4n) is 0.434. The molecule has 0 radical (unpaired) electrons. The van der Waals surface area contributed by atoms with Crippen LogP contribution in [0.1, 0.15) is 6.42 Å². The summed E-state index contributed by atoms with van der Waals surface area (Å²) in [5.74, 6) is 2.44. The minimum atomic E-state index is 0.379. The summed E-state index contributed by atoms with van der Waals surface area (Å²) in [5, 5.41) is 2.77. The van der Waals surface area contributed by atoms with Gasteiger partial charge in [-0.25, -0.2) is 0 Å². The van der Waals surface area contributed by atoms with Crippen LogP contribution in [0.5, 0.6) is 0 Å². The monoisotopic (exact) mass is 137 g/mol. The van der Waals surface area contributed by atoms with E-state index in [9.17, 15) is 0 Å². The molecule has 0 saturated heterocycles. The van der Waals surface area contributed by atoms with Crippen molar-refractivity contribution in [2.24, 2.45) is 10.7 Å². The molecule has 0 aliphatic rings. The lowest BCUT2D eigenvalue weighted by Gasteiger charge is -1.95. The zero-order valence-electron chi connectivity index (χ0n) is 5.80. The molecule has 0 heterocycles. The number of nitrogens with one attached hydrogen (secondary N) is 1. The number of terminal acetylenes is 1. The summed E-state index contributed by atoms with van der Waals surface area (Å²) in [6.45, 7) is 3.72. The van der Waals surface area contributed by atoms with Gasteiger partial charge in [0.1, 0.15) is 0 Å². The molecule has 3 N–H and O–H groups in total. The maximum atomic E-state index is 5.16. The minimum absolute atomic E-state index is 0.379. The summed E-state index contributed by atoms with van der Waals surface area (Å²) < 4.78 is 0. The Hall–Kier alpha value is -1.27. The van der Waals surface area contributed by atoms with Gasteiger partial charge in [0.05, 0.1) is 18.8 Å². The molecule has 54 valence electrons. The predicted octanol–water partition coefficient (Wildman–Crippen LogP) is 0.0575. The largest absolute Gasteiger partial charge is 0.377 e. The van der Waals surface area contributed by atoms with Crippen molar-refractivity contribution in [2.45, 2.75) is 6.42 Å². The average molecular weight is 137 g/mol. The lowest BCUT2D eigenvalue weighted by atomic mass is 10.3. The smallest absolute Gasteiger partial charge is 0.0671 e. The first-order valence-corrected chi connectivity index (χ1v) is 2.87. The molecule has 0 saturated carbocycles. The van der Waals surface area contributed by atoms with E-state index in [2.05, 4.69) is 22.9 Å². The molecule has 0 bridgehead atoms. The summed E-state index contributed by atoms with van der Waals surface area (Å²) in [6.07, 6.45) is 7.18. The maximum absolute atomic E-state index is 5.16. The van der Waals surface area contributed by atoms with E-state index in [0.29, 0.717) is 13.1 Å². The molecule has 0 aromatic heterocycles. The molecular weight excluding hydrogens is 126 g/mol. The van der Waals surface area contributed by atoms with Crippen LogP contribution >= 0.6 is 0 Å². The van der Waals surface area contributed by atoms with Crippen LogP contribution < -0.4 is 11.1 Å². The van der Waals surface area contributed by atoms with Gasteiger partial charge in [0.2, 0.25) is 0 Å². The van der Waals surface area contributed by atoms with Crippen molar-refractivity contribution < 1.29 is 0 Å². The molecule has 0 rings (SSSR count). The SMILES string of the molecule is C#CC/C(=C/NCN)N=C. The Kier molecular flexibility index (Phi) is 5.12. The van der Waals surface area contributed by atoms with Crippen molar-refractivity contribution >= 4 is 6.72 Å². The zero-order valence-corrected chi connectivity index (χ0v) is 5.80. The second-order valence-electron chi connectivity index (χ2n) is 1.58. The molecule has 3 heteroatoms. The summed E-state index contributed by atoms with van der Waals surface area (Å²) in [5.41, 5.74) is 5.89. The number of rotatable bonds is 4. The molecule has 0 aromatic carbocycles. The van der Waals surface area contributed by atoms with E-state index in [4.69, 9.17) is 12.2 Å². The van der Waals surface area contributed by atoms with Crippen molar-refractivity contribution in [2.75, 3.05) is 6.67 Å². The third kappa shape index (κ3) is 3.70. The van der Waals surface area contributed by atoms with Gasteiger partial charge in [-0.3, -0.25) is 4.99 Å². The lowest BCUT2D eigenvalue weighted by molar-refractivity contribution is 0.868. The Balaban J connectivity index is 3.81. The summed E-state index contributed by atoms with van der Waals surface area (Å²) in [6, 6.07) is 0. The Bertz CT molecular complexity index is 164. The van der Waals surface area contributed by atoms with Crippen LogP contribution in [-0.4, -0.2) is 13.4 Å². The van der Waals surface area contributed by atoms with Crippen molar-refractivity contribution in [3.8, 4) is 12.3 Å². The Labute approximate surface area is 61.0 Å². The van der Waals surface area contributed by atoms with Crippen LogP contribution in [0, 0.1) is 12.3 Å². The van der Waals surface area contributed by atoms with Crippen molar-refractivity contribution in [1.29, 1.82) is 0 Å². The van der Waals surface area contributed by atoms with E-state index in [1.807, 2.05) is 0 Å². The summed E-state index contributed by atoms with van der Waals surface area (Å²) >= 11 is 0. The van der Waals surface area contributed by atoms with Gasteiger partial charge in [0.15, 0.2) is 0 Å². The van der Waals surface area contributed by atoms with E-state index in [1.54, 1.807) is 6.20 Å². The van der Waals surface area contributed by atoms with Crippen LogP contribution in [0.15, 0.2) is 16.9 Å². The molecule has 0 aliphatic heterocycles. The standard InChI is InChI=1S/C7H11N3/c1-3-4-7(9-2)5-10-6-8/h1,5,10H,2,4,6,8H2/b7-5-. The van der Waals surface area contributed by atoms with Gasteiger partial charge in [-0.05, 0) is 6.72 Å². The molecular formula is C7H11N3. The predicted molar refractivity (Wildman–Crippen MR) is 43.3 cm³/mol. The summed E-state index contributed by atoms with van der Waals surface area (Å²) in [4.78, 5) is 3.67. The first-order chi connectivity index (χ1) is 4.85. The van der Waals surface area contributed by atoms with Gasteiger partial charge < -0.3 is 11.1 Å². The van der Waals surface area contributed by atoms with E-state index in [0.717, 1.165) is 5.70 Å². The van der Waals surface area contributed by atoms with Gasteiger partial charge in [-0.15, -0.1) is 12.3 Å². The number of allylic oxidation sites excluding steroid dienone is 1. The molecule has 0 atom stereocenters. The first kappa shape index (κ1) is 8.73. The Morgan fingerprint density at radius 2 is 2.60 bits per heavy atom. The van der Waals surface area contributed by atoms with E-state index in [1.165, 1.54) is 0 Å². The third-order valence-corrected chi connectivity index (χ3v) is 0.873. The van der Waals surface area contributed by atoms with Gasteiger partial charge in [-0.2, -0.15) is 0 Å². The molecule has 0 amide bonds. The van der Waals surface area contributed by atoms with Gasteiger partial charge >= 0.3 is 0 Å². The molecule has 0 aliphatic carbocycles. The first-order valence-electron chi connectivity index (χ1n) is 2.87. The normalized spacial score (nSPS) is 10.2. The number of nitrogens with two attached hydrogens (primary N) is 1. The van der Waals surface area contributed by atoms with Crippen LogP contribution in [-0.2, 0) is 0 Å². The van der Waals surface area contributed by atoms with Crippen molar-refractivity contribution in [3.63, 3.8) is 0 Å². The highest BCUT2D eigenvalue weighted by atomic mass is 14.9. The molecule has 3 nitrogen and oxygen atoms in total. The van der Waals surface area contributed by atoms with Crippen LogP contribution in [0.3, 0.4) is 0 Å². The molecule has 0 spiro atoms. The van der Waals surface area contributed by atoms with Crippen LogP contribution in [0.25, 0.3) is 0 Å². The highest BCUT2D eigenvalue weighted by Crippen LogP contribution is 1.97. The fraction of sp³-hybridized carbons (Fsp3) is 0.286. The Morgan fingerprint density at radius 3 is 3.00 bits per heavy atom. The molecule has 0 unspecified atom stereocenters. The second kappa shape index (κ2) is 5.86. The minimum Gasteiger partial charge on any atom is -0.377 e. The van der Waals surface area contributed by atoms with Crippen molar-refractivity contribution in [3.05, 3.63) is 11.9 Å². The molecule has 0 fully saturated rings. The maximum Gasteiger partial charge on any atom is 0.0671 e. The van der Waals surface area contributed by atoms with E-state index < -0.39 is 0 Å². The van der Waals surface area contributed by atoms with Crippen LogP contribution in [0.2, 0.25) is 0 Å². The van der Waals surface area contributed by atoms with Gasteiger partial charge in [-0.1, -0.05) is 0 Å². The molecule has 10 heavy (non-hydrogen) atoms. The number of nitrogens with zero attached hydrogens (tertiary/aromatic N) is 1. The van der Waals surface area contributed by atoms with Crippen molar-refractivity contribution in [1.82, 2.24) is 5.32 Å². The highest BCUT2D eigenvalue weighted by Gasteiger charge is 1.86. The Morgan fingerprint density at radius 1 is 1.90 bits per heavy atom. The number of aliphatic imine (C=N–C) groups is 1. The number of hydrogen-bond donors (Lipinski definition) is 2. The van der Waals surface area contributed by atoms with E-state index >= 15 is 0 Å². The van der Waals surface area contributed by atoms with Gasteiger partial charge in [0.25, 0.3) is 0 Å². The average Bonchev–Trinajstić information content (AvgIpc) is 1.98. The second-order valence-corrected chi connectivity index (χ2v) is 1.58. The van der Waals surface area contributed by atoms with E-state index in [-0.39, 0.29) is 0 Å². The topological polar surface area (TPSA) is 50.4 Å². The number of hydrogen-bond acceptors (Lipinski definition) is 3.